The van der Waals surface area contributed by atoms with Gasteiger partial charge in [0.05, 0.1) is 13.2 Å². The lowest BCUT2D eigenvalue weighted by Crippen LogP contribution is -2.41. The first-order valence-electron chi connectivity index (χ1n) is 6.14. The number of ether oxygens (including phenoxy) is 3. The molecule has 5 heteroatoms. The van der Waals surface area contributed by atoms with E-state index < -0.39 is 8.32 Å². The summed E-state index contributed by atoms with van der Waals surface area (Å²) in [5, 5.41) is 0.254. The highest BCUT2D eigenvalue weighted by Crippen LogP contribution is 2.37. The molecule has 17 heavy (non-hydrogen) atoms. The van der Waals surface area contributed by atoms with Gasteiger partial charge in [0.2, 0.25) is 0 Å². The fraction of sp³-hybridized carbons (Fsp3) is 1.00. The van der Waals surface area contributed by atoms with Crippen molar-refractivity contribution in [1.82, 2.24) is 0 Å². The average Bonchev–Trinajstić information content (AvgIpc) is 2.93. The molecule has 0 aliphatic carbocycles. The van der Waals surface area contributed by atoms with Crippen LogP contribution in [0.2, 0.25) is 18.1 Å². The summed E-state index contributed by atoms with van der Waals surface area (Å²) in [6.45, 7) is 12.9. The highest BCUT2D eigenvalue weighted by atomic mass is 28.4. The van der Waals surface area contributed by atoms with Gasteiger partial charge in [-0.2, -0.15) is 0 Å². The number of hydrogen-bond donors (Lipinski definition) is 0. The Morgan fingerprint density at radius 1 is 1.12 bits per heavy atom. The molecule has 0 unspecified atom stereocenters. The number of hydrogen-bond acceptors (Lipinski definition) is 4. The van der Waals surface area contributed by atoms with Gasteiger partial charge in [-0.1, -0.05) is 20.8 Å². The molecule has 0 aromatic carbocycles. The van der Waals surface area contributed by atoms with Gasteiger partial charge in [-0.3, -0.25) is 0 Å². The maximum atomic E-state index is 6.08. The normalized spacial score (nSPS) is 25.1. The standard InChI is InChI=1S/C12H26O4Si/c1-12(2,3)17(5,6)15-8-11-10(16-11)7-14-9-13-4/h10-11H,7-9H2,1-6H3/t10-,11+/m0/s1. The molecular formula is C12H26O4Si. The molecule has 0 bridgehead atoms. The molecule has 0 aromatic rings. The van der Waals surface area contributed by atoms with Crippen LogP contribution in [-0.4, -0.2) is 47.6 Å². The van der Waals surface area contributed by atoms with Crippen molar-refractivity contribution in [2.45, 2.75) is 51.1 Å². The van der Waals surface area contributed by atoms with E-state index >= 15 is 0 Å². The second kappa shape index (κ2) is 5.80. The van der Waals surface area contributed by atoms with E-state index in [0.29, 0.717) is 20.0 Å². The molecular weight excluding hydrogens is 236 g/mol. The van der Waals surface area contributed by atoms with Gasteiger partial charge >= 0.3 is 0 Å². The van der Waals surface area contributed by atoms with Crippen molar-refractivity contribution in [1.29, 1.82) is 0 Å². The Bertz CT molecular complexity index is 237. The third kappa shape index (κ3) is 4.67. The summed E-state index contributed by atoms with van der Waals surface area (Å²) in [4.78, 5) is 0. The Morgan fingerprint density at radius 2 is 1.71 bits per heavy atom. The van der Waals surface area contributed by atoms with Crippen molar-refractivity contribution in [2.24, 2.45) is 0 Å². The maximum Gasteiger partial charge on any atom is 0.192 e. The average molecular weight is 262 g/mol. The van der Waals surface area contributed by atoms with E-state index in [9.17, 15) is 0 Å². The molecule has 1 heterocycles. The first-order chi connectivity index (χ1) is 7.78. The smallest absolute Gasteiger partial charge is 0.192 e. The Kier molecular flexibility index (Phi) is 5.16. The largest absolute Gasteiger partial charge is 0.414 e. The van der Waals surface area contributed by atoms with Crippen molar-refractivity contribution < 1.29 is 18.6 Å². The number of rotatable bonds is 7. The quantitative estimate of drug-likeness (QED) is 0.306. The van der Waals surface area contributed by atoms with Gasteiger partial charge in [0.15, 0.2) is 8.32 Å². The van der Waals surface area contributed by atoms with Gasteiger partial charge in [0, 0.05) is 7.11 Å². The van der Waals surface area contributed by atoms with Crippen LogP contribution in [0.1, 0.15) is 20.8 Å². The SMILES string of the molecule is COCOC[C@@H]1O[C@@H]1CO[Si](C)(C)C(C)(C)C. The summed E-state index contributed by atoms with van der Waals surface area (Å²) in [6, 6.07) is 0. The van der Waals surface area contributed by atoms with Crippen molar-refractivity contribution in [3.8, 4) is 0 Å². The second-order valence-electron chi connectivity index (χ2n) is 6.06. The zero-order chi connectivity index (χ0) is 13.1. The predicted octanol–water partition coefficient (Wildman–Crippen LogP) is 2.40. The summed E-state index contributed by atoms with van der Waals surface area (Å²) in [7, 11) is -0.0241. The molecule has 4 nitrogen and oxygen atoms in total. The lowest BCUT2D eigenvalue weighted by molar-refractivity contribution is -0.0352. The van der Waals surface area contributed by atoms with Gasteiger partial charge in [-0.05, 0) is 18.1 Å². The van der Waals surface area contributed by atoms with Crippen molar-refractivity contribution in [2.75, 3.05) is 27.1 Å². The first-order valence-corrected chi connectivity index (χ1v) is 9.05. The van der Waals surface area contributed by atoms with Crippen LogP contribution in [0, 0.1) is 0 Å². The van der Waals surface area contributed by atoms with E-state index in [2.05, 4.69) is 33.9 Å². The molecule has 2 atom stereocenters. The summed E-state index contributed by atoms with van der Waals surface area (Å²) < 4.78 is 21.6. The Morgan fingerprint density at radius 3 is 2.24 bits per heavy atom. The molecule has 0 saturated carbocycles. The van der Waals surface area contributed by atoms with Crippen LogP contribution < -0.4 is 0 Å². The zero-order valence-corrected chi connectivity index (χ0v) is 12.9. The molecule has 1 saturated heterocycles. The predicted molar refractivity (Wildman–Crippen MR) is 69.6 cm³/mol. The molecule has 0 N–H and O–H groups in total. The van der Waals surface area contributed by atoms with Gasteiger partial charge in [0.1, 0.15) is 19.0 Å². The van der Waals surface area contributed by atoms with E-state index in [4.69, 9.17) is 18.6 Å². The monoisotopic (exact) mass is 262 g/mol. The number of epoxide rings is 1. The van der Waals surface area contributed by atoms with Crippen molar-refractivity contribution in [3.63, 3.8) is 0 Å². The summed E-state index contributed by atoms with van der Waals surface area (Å²) in [5.74, 6) is 0. The topological polar surface area (TPSA) is 40.2 Å². The highest BCUT2D eigenvalue weighted by Gasteiger charge is 2.43. The number of methoxy groups -OCH3 is 1. The van der Waals surface area contributed by atoms with Crippen LogP contribution in [0.25, 0.3) is 0 Å². The Labute approximate surface area is 106 Å². The van der Waals surface area contributed by atoms with E-state index in [1.54, 1.807) is 7.11 Å². The zero-order valence-electron chi connectivity index (χ0n) is 11.9. The minimum atomic E-state index is -1.64. The molecule has 102 valence electrons. The molecule has 0 radical (unpaired) electrons. The summed E-state index contributed by atoms with van der Waals surface area (Å²) in [6.07, 6.45) is 0.399. The van der Waals surface area contributed by atoms with Crippen LogP contribution in [0.3, 0.4) is 0 Å². The van der Waals surface area contributed by atoms with Crippen LogP contribution in [-0.2, 0) is 18.6 Å². The molecule has 1 fully saturated rings. The Hall–Kier alpha value is 0.0569. The lowest BCUT2D eigenvalue weighted by Gasteiger charge is -2.36. The van der Waals surface area contributed by atoms with E-state index in [-0.39, 0.29) is 17.2 Å². The van der Waals surface area contributed by atoms with Gasteiger partial charge < -0.3 is 18.6 Å². The fourth-order valence-electron chi connectivity index (χ4n) is 1.23. The van der Waals surface area contributed by atoms with Crippen LogP contribution in [0.15, 0.2) is 0 Å². The maximum absolute atomic E-state index is 6.08. The first kappa shape index (κ1) is 15.1. The van der Waals surface area contributed by atoms with Crippen molar-refractivity contribution in [3.05, 3.63) is 0 Å². The van der Waals surface area contributed by atoms with Gasteiger partial charge in [-0.25, -0.2) is 0 Å². The van der Waals surface area contributed by atoms with Crippen LogP contribution >= 0.6 is 0 Å². The molecule has 0 aromatic heterocycles. The minimum Gasteiger partial charge on any atom is -0.414 e. The second-order valence-corrected chi connectivity index (χ2v) is 10.9. The minimum absolute atomic E-state index is 0.190. The van der Waals surface area contributed by atoms with E-state index in [1.165, 1.54) is 0 Å². The van der Waals surface area contributed by atoms with Gasteiger partial charge in [-0.15, -0.1) is 0 Å². The summed E-state index contributed by atoms with van der Waals surface area (Å²) in [5.41, 5.74) is 0. The van der Waals surface area contributed by atoms with Gasteiger partial charge in [0.25, 0.3) is 0 Å². The molecule has 0 amide bonds. The lowest BCUT2D eigenvalue weighted by atomic mass is 10.2. The third-order valence-electron chi connectivity index (χ3n) is 3.59. The molecule has 1 aliphatic rings. The van der Waals surface area contributed by atoms with Crippen LogP contribution in [0.5, 0.6) is 0 Å². The fourth-order valence-corrected chi connectivity index (χ4v) is 2.24. The van der Waals surface area contributed by atoms with E-state index in [1.807, 2.05) is 0 Å². The highest BCUT2D eigenvalue weighted by molar-refractivity contribution is 6.74. The third-order valence-corrected chi connectivity index (χ3v) is 8.09. The van der Waals surface area contributed by atoms with Crippen molar-refractivity contribution >= 4 is 8.32 Å². The van der Waals surface area contributed by atoms with E-state index in [0.717, 1.165) is 0 Å². The summed E-state index contributed by atoms with van der Waals surface area (Å²) >= 11 is 0. The molecule has 1 rings (SSSR count). The molecule has 0 spiro atoms. The molecule has 1 aliphatic heterocycles. The Balaban J connectivity index is 2.17. The van der Waals surface area contributed by atoms with Crippen LogP contribution in [0.4, 0.5) is 0 Å².